The van der Waals surface area contributed by atoms with Crippen LogP contribution in [0.1, 0.15) is 15.9 Å². The first-order chi connectivity index (χ1) is 9.74. The Labute approximate surface area is 125 Å². The molecule has 1 aromatic heterocycles. The van der Waals surface area contributed by atoms with E-state index in [-0.39, 0.29) is 5.78 Å². The Hall–Kier alpha value is -2.13. The van der Waals surface area contributed by atoms with E-state index in [1.54, 1.807) is 12.3 Å². The van der Waals surface area contributed by atoms with Gasteiger partial charge in [-0.1, -0.05) is 52.3 Å². The first-order valence-electron chi connectivity index (χ1n) is 6.28. The standard InChI is InChI=1S/C17H12BrNO/c18-13-8-5-12(6-9-13)7-10-17(20)15-11-19-16-4-2-1-3-14(15)16/h1-11,19H/b10-7+. The second-order valence-electron chi connectivity index (χ2n) is 4.50. The van der Waals surface area contributed by atoms with E-state index in [4.69, 9.17) is 0 Å². The number of allylic oxidation sites excluding steroid dienone is 1. The lowest BCUT2D eigenvalue weighted by Crippen LogP contribution is -1.91. The molecule has 20 heavy (non-hydrogen) atoms. The molecule has 3 rings (SSSR count). The summed E-state index contributed by atoms with van der Waals surface area (Å²) in [5.41, 5.74) is 2.68. The summed E-state index contributed by atoms with van der Waals surface area (Å²) in [5, 5.41) is 0.956. The topological polar surface area (TPSA) is 32.9 Å². The summed E-state index contributed by atoms with van der Waals surface area (Å²) in [6.07, 6.45) is 5.20. The molecule has 0 fully saturated rings. The van der Waals surface area contributed by atoms with Crippen LogP contribution in [-0.4, -0.2) is 10.8 Å². The Morgan fingerprint density at radius 1 is 1.05 bits per heavy atom. The highest BCUT2D eigenvalue weighted by Crippen LogP contribution is 2.19. The van der Waals surface area contributed by atoms with E-state index in [1.165, 1.54) is 0 Å². The highest BCUT2D eigenvalue weighted by molar-refractivity contribution is 9.10. The summed E-state index contributed by atoms with van der Waals surface area (Å²) >= 11 is 3.39. The van der Waals surface area contributed by atoms with Gasteiger partial charge < -0.3 is 4.98 Å². The van der Waals surface area contributed by atoms with Crippen LogP contribution >= 0.6 is 15.9 Å². The van der Waals surface area contributed by atoms with Crippen molar-refractivity contribution in [3.63, 3.8) is 0 Å². The second kappa shape index (κ2) is 5.47. The van der Waals surface area contributed by atoms with Gasteiger partial charge in [-0.15, -0.1) is 0 Å². The lowest BCUT2D eigenvalue weighted by Gasteiger charge is -1.95. The zero-order valence-corrected chi connectivity index (χ0v) is 12.2. The summed E-state index contributed by atoms with van der Waals surface area (Å²) in [4.78, 5) is 15.4. The van der Waals surface area contributed by atoms with Gasteiger partial charge in [-0.3, -0.25) is 4.79 Å². The van der Waals surface area contributed by atoms with E-state index in [1.807, 2.05) is 54.6 Å². The molecular weight excluding hydrogens is 314 g/mol. The van der Waals surface area contributed by atoms with Crippen molar-refractivity contribution < 1.29 is 4.79 Å². The number of hydrogen-bond acceptors (Lipinski definition) is 1. The first kappa shape index (κ1) is 12.9. The predicted octanol–water partition coefficient (Wildman–Crippen LogP) is 4.83. The van der Waals surface area contributed by atoms with E-state index >= 15 is 0 Å². The number of ketones is 1. The quantitative estimate of drug-likeness (QED) is 0.543. The van der Waals surface area contributed by atoms with Crippen LogP contribution in [0.3, 0.4) is 0 Å². The largest absolute Gasteiger partial charge is 0.360 e. The maximum atomic E-state index is 12.2. The Morgan fingerprint density at radius 3 is 2.60 bits per heavy atom. The summed E-state index contributed by atoms with van der Waals surface area (Å²) in [6, 6.07) is 15.6. The average molecular weight is 326 g/mol. The molecule has 1 heterocycles. The number of para-hydroxylation sites is 1. The van der Waals surface area contributed by atoms with E-state index in [9.17, 15) is 4.79 Å². The van der Waals surface area contributed by atoms with Gasteiger partial charge in [0.25, 0.3) is 0 Å². The number of benzene rings is 2. The van der Waals surface area contributed by atoms with Crippen molar-refractivity contribution >= 4 is 38.7 Å². The number of carbonyl (C=O) groups excluding carboxylic acids is 1. The fourth-order valence-corrected chi connectivity index (χ4v) is 2.38. The van der Waals surface area contributed by atoms with Gasteiger partial charge >= 0.3 is 0 Å². The highest BCUT2D eigenvalue weighted by atomic mass is 79.9. The number of hydrogen-bond donors (Lipinski definition) is 1. The number of fused-ring (bicyclic) bond motifs is 1. The van der Waals surface area contributed by atoms with Gasteiger partial charge in [0.15, 0.2) is 5.78 Å². The third-order valence-corrected chi connectivity index (χ3v) is 3.68. The molecule has 0 unspecified atom stereocenters. The monoisotopic (exact) mass is 325 g/mol. The summed E-state index contributed by atoms with van der Waals surface area (Å²) < 4.78 is 1.03. The molecule has 1 N–H and O–H groups in total. The average Bonchev–Trinajstić information content (AvgIpc) is 2.90. The molecular formula is C17H12BrNO. The van der Waals surface area contributed by atoms with Crippen molar-refractivity contribution in [3.05, 3.63) is 76.4 Å². The van der Waals surface area contributed by atoms with Crippen LogP contribution in [0, 0.1) is 0 Å². The number of nitrogens with one attached hydrogen (secondary N) is 1. The zero-order chi connectivity index (χ0) is 13.9. The Kier molecular flexibility index (Phi) is 3.52. The molecule has 3 heteroatoms. The number of aromatic amines is 1. The fourth-order valence-electron chi connectivity index (χ4n) is 2.11. The zero-order valence-electron chi connectivity index (χ0n) is 10.6. The molecule has 3 aromatic rings. The van der Waals surface area contributed by atoms with Crippen molar-refractivity contribution in [2.45, 2.75) is 0 Å². The normalized spacial score (nSPS) is 11.2. The first-order valence-corrected chi connectivity index (χ1v) is 7.07. The number of halogens is 1. The molecule has 2 nitrogen and oxygen atoms in total. The van der Waals surface area contributed by atoms with Crippen molar-refractivity contribution in [2.24, 2.45) is 0 Å². The second-order valence-corrected chi connectivity index (χ2v) is 5.41. The van der Waals surface area contributed by atoms with E-state index in [0.29, 0.717) is 5.56 Å². The van der Waals surface area contributed by atoms with E-state index in [2.05, 4.69) is 20.9 Å². The number of carbonyl (C=O) groups is 1. The summed E-state index contributed by atoms with van der Waals surface area (Å²) in [6.45, 7) is 0. The Morgan fingerprint density at radius 2 is 1.80 bits per heavy atom. The Bertz CT molecular complexity index is 784. The van der Waals surface area contributed by atoms with Crippen molar-refractivity contribution in [2.75, 3.05) is 0 Å². The van der Waals surface area contributed by atoms with E-state index < -0.39 is 0 Å². The van der Waals surface area contributed by atoms with Gasteiger partial charge in [-0.05, 0) is 29.8 Å². The van der Waals surface area contributed by atoms with Crippen molar-refractivity contribution in [3.8, 4) is 0 Å². The van der Waals surface area contributed by atoms with Crippen LogP contribution in [0.4, 0.5) is 0 Å². The molecule has 2 aromatic carbocycles. The van der Waals surface area contributed by atoms with Crippen LogP contribution in [0.15, 0.2) is 65.3 Å². The van der Waals surface area contributed by atoms with Gasteiger partial charge in [0.1, 0.15) is 0 Å². The molecule has 0 saturated carbocycles. The predicted molar refractivity (Wildman–Crippen MR) is 85.8 cm³/mol. The van der Waals surface area contributed by atoms with Crippen LogP contribution in [0.25, 0.3) is 17.0 Å². The maximum Gasteiger partial charge on any atom is 0.187 e. The van der Waals surface area contributed by atoms with Gasteiger partial charge in [0.2, 0.25) is 0 Å². The molecule has 0 saturated heterocycles. The van der Waals surface area contributed by atoms with Gasteiger partial charge in [0.05, 0.1) is 0 Å². The van der Waals surface area contributed by atoms with Gasteiger partial charge in [-0.2, -0.15) is 0 Å². The molecule has 0 amide bonds. The molecule has 0 aliphatic heterocycles. The summed E-state index contributed by atoms with van der Waals surface area (Å²) in [7, 11) is 0. The van der Waals surface area contributed by atoms with Crippen LogP contribution < -0.4 is 0 Å². The number of aromatic nitrogens is 1. The van der Waals surface area contributed by atoms with Crippen LogP contribution in [0.5, 0.6) is 0 Å². The number of rotatable bonds is 3. The van der Waals surface area contributed by atoms with Crippen molar-refractivity contribution in [1.29, 1.82) is 0 Å². The summed E-state index contributed by atoms with van der Waals surface area (Å²) in [5.74, 6) is 0.00497. The van der Waals surface area contributed by atoms with Crippen LogP contribution in [-0.2, 0) is 0 Å². The van der Waals surface area contributed by atoms with E-state index in [0.717, 1.165) is 20.9 Å². The molecule has 0 aliphatic rings. The third kappa shape index (κ3) is 2.58. The molecule has 0 spiro atoms. The molecule has 0 bridgehead atoms. The van der Waals surface area contributed by atoms with Crippen LogP contribution in [0.2, 0.25) is 0 Å². The maximum absolute atomic E-state index is 12.2. The third-order valence-electron chi connectivity index (χ3n) is 3.15. The molecule has 0 aliphatic carbocycles. The minimum atomic E-state index is 0.00497. The van der Waals surface area contributed by atoms with Gasteiger partial charge in [0, 0.05) is 27.1 Å². The lowest BCUT2D eigenvalue weighted by atomic mass is 10.1. The fraction of sp³-hybridized carbons (Fsp3) is 0. The SMILES string of the molecule is O=C(/C=C/c1ccc(Br)cc1)c1c[nH]c2ccccc12. The lowest BCUT2D eigenvalue weighted by molar-refractivity contribution is 0.104. The smallest absolute Gasteiger partial charge is 0.187 e. The molecule has 98 valence electrons. The van der Waals surface area contributed by atoms with Crippen molar-refractivity contribution in [1.82, 2.24) is 4.98 Å². The minimum Gasteiger partial charge on any atom is -0.360 e. The molecule has 0 atom stereocenters. The van der Waals surface area contributed by atoms with Gasteiger partial charge in [-0.25, -0.2) is 0 Å². The number of H-pyrrole nitrogens is 1. The molecule has 0 radical (unpaired) electrons. The minimum absolute atomic E-state index is 0.00497. The Balaban J connectivity index is 1.87. The highest BCUT2D eigenvalue weighted by Gasteiger charge is 2.08.